The first-order valence-corrected chi connectivity index (χ1v) is 10.4. The second kappa shape index (κ2) is 10.0. The van der Waals surface area contributed by atoms with E-state index in [1.165, 1.54) is 7.11 Å². The van der Waals surface area contributed by atoms with Crippen LogP contribution in [-0.2, 0) is 14.4 Å². The van der Waals surface area contributed by atoms with Crippen molar-refractivity contribution in [1.29, 1.82) is 0 Å². The van der Waals surface area contributed by atoms with E-state index in [9.17, 15) is 9.90 Å². The normalized spacial score (nSPS) is 12.8. The van der Waals surface area contributed by atoms with Crippen LogP contribution < -0.4 is 5.48 Å². The topological polar surface area (TPSA) is 93.8 Å². The molecule has 0 radical (unpaired) electrons. The molecule has 0 saturated carbocycles. The van der Waals surface area contributed by atoms with Crippen LogP contribution >= 0.6 is 0 Å². The number of benzene rings is 2. The zero-order valence-electron chi connectivity index (χ0n) is 18.5. The highest BCUT2D eigenvalue weighted by Crippen LogP contribution is 2.27. The monoisotopic (exact) mass is 426 g/mol. The maximum atomic E-state index is 11.8. The van der Waals surface area contributed by atoms with Crippen molar-refractivity contribution in [3.63, 3.8) is 0 Å². The Morgan fingerprint density at radius 2 is 1.94 bits per heavy atom. The number of aliphatic hydroxyl groups is 1. The Morgan fingerprint density at radius 1 is 1.19 bits per heavy atom. The zero-order valence-corrected chi connectivity index (χ0v) is 18.5. The molecule has 1 amide bonds. The lowest BCUT2D eigenvalue weighted by molar-refractivity contribution is -0.231. The Kier molecular flexibility index (Phi) is 7.43. The lowest BCUT2D eigenvalue weighted by Crippen LogP contribution is -2.37. The van der Waals surface area contributed by atoms with Gasteiger partial charge < -0.3 is 14.3 Å². The SMILES string of the molecule is COC(C)(C)ONC(=O)CCCC[C@@H](O)c1ccc(-c2nc3cc(C)ccc3o2)cc1. The van der Waals surface area contributed by atoms with Gasteiger partial charge >= 0.3 is 0 Å². The standard InChI is InChI=1S/C24H30N2O5/c1-16-9-14-21-19(15-16)25-23(30-21)18-12-10-17(11-13-18)20(27)7-5-6-8-22(28)26-31-24(2,3)29-4/h9-15,20,27H,5-8H2,1-4H3,(H,26,28)/t20-/m1/s1. The summed E-state index contributed by atoms with van der Waals surface area (Å²) in [5, 5.41) is 10.5. The molecular formula is C24H30N2O5. The van der Waals surface area contributed by atoms with Crippen LogP contribution in [0.25, 0.3) is 22.6 Å². The number of unbranched alkanes of at least 4 members (excludes halogenated alkanes) is 1. The van der Waals surface area contributed by atoms with Crippen molar-refractivity contribution in [2.45, 2.75) is 58.3 Å². The molecule has 2 aromatic carbocycles. The van der Waals surface area contributed by atoms with E-state index in [-0.39, 0.29) is 5.91 Å². The van der Waals surface area contributed by atoms with Gasteiger partial charge in [-0.05, 0) is 69.0 Å². The predicted octanol–water partition coefficient (Wildman–Crippen LogP) is 4.83. The van der Waals surface area contributed by atoms with Crippen molar-refractivity contribution in [3.8, 4) is 11.5 Å². The first kappa shape index (κ1) is 22.9. The van der Waals surface area contributed by atoms with Crippen LogP contribution in [0.15, 0.2) is 46.9 Å². The van der Waals surface area contributed by atoms with Crippen molar-refractivity contribution in [2.75, 3.05) is 7.11 Å². The van der Waals surface area contributed by atoms with E-state index in [1.54, 1.807) is 13.8 Å². The second-order valence-electron chi connectivity index (χ2n) is 8.11. The number of methoxy groups -OCH3 is 1. The fourth-order valence-electron chi connectivity index (χ4n) is 3.07. The van der Waals surface area contributed by atoms with Crippen molar-refractivity contribution in [2.24, 2.45) is 0 Å². The number of hydrogen-bond acceptors (Lipinski definition) is 6. The van der Waals surface area contributed by atoms with Crippen molar-refractivity contribution >= 4 is 17.0 Å². The fourth-order valence-corrected chi connectivity index (χ4v) is 3.07. The number of aryl methyl sites for hydroxylation is 1. The quantitative estimate of drug-likeness (QED) is 0.274. The molecule has 7 heteroatoms. The van der Waals surface area contributed by atoms with Crippen molar-refractivity contribution < 1.29 is 23.9 Å². The zero-order chi connectivity index (χ0) is 22.4. The molecule has 0 aliphatic heterocycles. The second-order valence-corrected chi connectivity index (χ2v) is 8.11. The highest BCUT2D eigenvalue weighted by atomic mass is 16.8. The summed E-state index contributed by atoms with van der Waals surface area (Å²) >= 11 is 0. The molecule has 0 unspecified atom stereocenters. The van der Waals surface area contributed by atoms with Crippen LogP contribution in [0.1, 0.15) is 56.8 Å². The van der Waals surface area contributed by atoms with Crippen LogP contribution in [0.2, 0.25) is 0 Å². The number of fused-ring (bicyclic) bond motifs is 1. The molecule has 3 aromatic rings. The summed E-state index contributed by atoms with van der Waals surface area (Å²) in [4.78, 5) is 21.5. The number of aliphatic hydroxyl groups excluding tert-OH is 1. The van der Waals surface area contributed by atoms with Gasteiger partial charge in [0, 0.05) is 19.1 Å². The number of amides is 1. The van der Waals surface area contributed by atoms with Crippen LogP contribution in [0.5, 0.6) is 0 Å². The maximum Gasteiger partial charge on any atom is 0.243 e. The number of hydrogen-bond donors (Lipinski definition) is 2. The molecule has 1 heterocycles. The molecule has 0 fully saturated rings. The molecule has 166 valence electrons. The van der Waals surface area contributed by atoms with Gasteiger partial charge in [-0.2, -0.15) is 0 Å². The molecule has 1 atom stereocenters. The molecular weight excluding hydrogens is 396 g/mol. The number of oxazole rings is 1. The van der Waals surface area contributed by atoms with Crippen LogP contribution in [0, 0.1) is 6.92 Å². The number of carbonyl (C=O) groups excluding carboxylic acids is 1. The van der Waals surface area contributed by atoms with Crippen LogP contribution in [-0.4, -0.2) is 28.9 Å². The number of nitrogens with zero attached hydrogens (tertiary/aromatic N) is 1. The Bertz CT molecular complexity index is 1010. The van der Waals surface area contributed by atoms with Gasteiger partial charge in [-0.25, -0.2) is 15.3 Å². The van der Waals surface area contributed by atoms with Gasteiger partial charge in [0.25, 0.3) is 0 Å². The van der Waals surface area contributed by atoms with Crippen LogP contribution in [0.4, 0.5) is 0 Å². The van der Waals surface area contributed by atoms with Crippen LogP contribution in [0.3, 0.4) is 0 Å². The highest BCUT2D eigenvalue weighted by molar-refractivity contribution is 5.77. The third-order valence-corrected chi connectivity index (χ3v) is 5.12. The van der Waals surface area contributed by atoms with Gasteiger partial charge in [-0.15, -0.1) is 0 Å². The minimum absolute atomic E-state index is 0.211. The van der Waals surface area contributed by atoms with E-state index in [0.717, 1.165) is 27.8 Å². The molecule has 7 nitrogen and oxygen atoms in total. The molecule has 0 spiro atoms. The minimum Gasteiger partial charge on any atom is -0.436 e. The van der Waals surface area contributed by atoms with Crippen molar-refractivity contribution in [1.82, 2.24) is 10.5 Å². The third-order valence-electron chi connectivity index (χ3n) is 5.12. The Balaban J connectivity index is 1.46. The fraction of sp³-hybridized carbons (Fsp3) is 0.417. The molecule has 0 aliphatic carbocycles. The number of carbonyl (C=O) groups is 1. The van der Waals surface area contributed by atoms with E-state index in [2.05, 4.69) is 10.5 Å². The summed E-state index contributed by atoms with van der Waals surface area (Å²) in [7, 11) is 1.51. The largest absolute Gasteiger partial charge is 0.436 e. The molecule has 0 saturated heterocycles. The lowest BCUT2D eigenvalue weighted by Gasteiger charge is -2.22. The molecule has 1 aromatic heterocycles. The molecule has 2 N–H and O–H groups in total. The molecule has 3 rings (SSSR count). The number of nitrogens with one attached hydrogen (secondary N) is 1. The van der Waals surface area contributed by atoms with E-state index >= 15 is 0 Å². The summed E-state index contributed by atoms with van der Waals surface area (Å²) in [6.07, 6.45) is 1.67. The first-order valence-electron chi connectivity index (χ1n) is 10.4. The van der Waals surface area contributed by atoms with Gasteiger partial charge in [-0.3, -0.25) is 4.79 Å². The van der Waals surface area contributed by atoms with Gasteiger partial charge in [0.2, 0.25) is 11.8 Å². The summed E-state index contributed by atoms with van der Waals surface area (Å²) in [6, 6.07) is 13.5. The lowest BCUT2D eigenvalue weighted by atomic mass is 10.0. The smallest absolute Gasteiger partial charge is 0.243 e. The molecule has 31 heavy (non-hydrogen) atoms. The summed E-state index contributed by atoms with van der Waals surface area (Å²) < 4.78 is 10.9. The third kappa shape index (κ3) is 6.37. The van der Waals surface area contributed by atoms with Gasteiger partial charge in [0.15, 0.2) is 11.4 Å². The predicted molar refractivity (Wildman–Crippen MR) is 118 cm³/mol. The number of rotatable bonds is 10. The first-order chi connectivity index (χ1) is 14.8. The van der Waals surface area contributed by atoms with Crippen molar-refractivity contribution in [3.05, 3.63) is 53.6 Å². The Labute approximate surface area is 182 Å². The minimum atomic E-state index is -0.866. The Hall–Kier alpha value is -2.74. The highest BCUT2D eigenvalue weighted by Gasteiger charge is 2.18. The summed E-state index contributed by atoms with van der Waals surface area (Å²) in [5.74, 6) is -0.515. The number of hydroxylamine groups is 1. The van der Waals surface area contributed by atoms with E-state index in [4.69, 9.17) is 14.0 Å². The number of ether oxygens (including phenoxy) is 1. The maximum absolute atomic E-state index is 11.8. The average molecular weight is 427 g/mol. The van der Waals surface area contributed by atoms with E-state index in [0.29, 0.717) is 31.6 Å². The van der Waals surface area contributed by atoms with E-state index in [1.807, 2.05) is 49.4 Å². The average Bonchev–Trinajstić information content (AvgIpc) is 3.18. The Morgan fingerprint density at radius 3 is 2.65 bits per heavy atom. The van der Waals surface area contributed by atoms with E-state index < -0.39 is 11.9 Å². The van der Waals surface area contributed by atoms with Gasteiger partial charge in [0.1, 0.15) is 5.52 Å². The number of aromatic nitrogens is 1. The molecule has 0 aliphatic rings. The van der Waals surface area contributed by atoms with Gasteiger partial charge in [0.05, 0.1) is 6.10 Å². The molecule has 0 bridgehead atoms. The summed E-state index contributed by atoms with van der Waals surface area (Å²) in [6.45, 7) is 5.44. The summed E-state index contributed by atoms with van der Waals surface area (Å²) in [5.41, 5.74) is 6.79. The van der Waals surface area contributed by atoms with Gasteiger partial charge in [-0.1, -0.05) is 24.6 Å².